The van der Waals surface area contributed by atoms with Crippen LogP contribution >= 0.6 is 0 Å². The fraction of sp³-hybridized carbons (Fsp3) is 0.143. The second kappa shape index (κ2) is 11.6. The second-order valence-corrected chi connectivity index (χ2v) is 5.66. The van der Waals surface area contributed by atoms with Gasteiger partial charge in [0.2, 0.25) is 0 Å². The summed E-state index contributed by atoms with van der Waals surface area (Å²) in [5.41, 5.74) is 1.66. The largest absolute Gasteiger partial charge is 2.00 e. The van der Waals surface area contributed by atoms with Crippen molar-refractivity contribution >= 4 is 21.4 Å². The van der Waals surface area contributed by atoms with Crippen molar-refractivity contribution in [2.45, 2.75) is 11.5 Å². The van der Waals surface area contributed by atoms with E-state index in [1.54, 1.807) is 24.3 Å². The normalized spacial score (nSPS) is 9.62. The standard InChI is InChI=1S/2C7H7O2S.Zn/c2*8-10(9)6-7-4-2-1-3-5-7;/h2*1-5H,6H2;/q2*-1;+2. The molecule has 2 aromatic carbocycles. The molecule has 0 saturated heterocycles. The molecule has 0 spiro atoms. The van der Waals surface area contributed by atoms with E-state index < -0.39 is 21.4 Å². The van der Waals surface area contributed by atoms with Crippen LogP contribution in [0.1, 0.15) is 11.1 Å². The van der Waals surface area contributed by atoms with Crippen molar-refractivity contribution in [2.24, 2.45) is 0 Å². The van der Waals surface area contributed by atoms with Gasteiger partial charge in [0, 0.05) is 0 Å². The van der Waals surface area contributed by atoms with Gasteiger partial charge in [0.05, 0.1) is 0 Å². The molecule has 0 radical (unpaired) electrons. The van der Waals surface area contributed by atoms with Crippen molar-refractivity contribution < 1.29 is 36.3 Å². The minimum atomic E-state index is -1.97. The van der Waals surface area contributed by atoms with E-state index in [0.717, 1.165) is 11.1 Å². The molecule has 0 aromatic heterocycles. The maximum atomic E-state index is 10.2. The summed E-state index contributed by atoms with van der Waals surface area (Å²) in [7, 11) is -3.93. The molecule has 0 heterocycles. The van der Waals surface area contributed by atoms with Crippen LogP contribution in [-0.2, 0) is 69.2 Å². The van der Waals surface area contributed by atoms with Gasteiger partial charge in [-0.25, -0.2) is 0 Å². The predicted molar refractivity (Wildman–Crippen MR) is 77.8 cm³/mol. The zero-order valence-electron chi connectivity index (χ0n) is 11.3. The van der Waals surface area contributed by atoms with Crippen LogP contribution in [0.25, 0.3) is 0 Å². The van der Waals surface area contributed by atoms with E-state index in [2.05, 4.69) is 0 Å². The van der Waals surface area contributed by atoms with E-state index in [1.165, 1.54) is 0 Å². The average Bonchev–Trinajstić information content (AvgIpc) is 2.40. The van der Waals surface area contributed by atoms with Crippen molar-refractivity contribution in [1.29, 1.82) is 0 Å². The van der Waals surface area contributed by atoms with Crippen LogP contribution in [0.15, 0.2) is 60.7 Å². The number of hydrogen-bond donors (Lipinski definition) is 0. The average molecular weight is 376 g/mol. The fourth-order valence-electron chi connectivity index (χ4n) is 1.42. The fourth-order valence-corrected chi connectivity index (χ4v) is 2.35. The Morgan fingerprint density at radius 1 is 0.571 bits per heavy atom. The Morgan fingerprint density at radius 3 is 1.10 bits per heavy atom. The molecule has 0 unspecified atom stereocenters. The Morgan fingerprint density at radius 2 is 0.857 bits per heavy atom. The molecule has 0 aliphatic heterocycles. The van der Waals surface area contributed by atoms with Gasteiger partial charge in [0.15, 0.2) is 0 Å². The van der Waals surface area contributed by atoms with Crippen LogP contribution in [0.4, 0.5) is 0 Å². The van der Waals surface area contributed by atoms with Gasteiger partial charge in [-0.15, -0.1) is 0 Å². The van der Waals surface area contributed by atoms with Crippen LogP contribution in [0.3, 0.4) is 0 Å². The van der Waals surface area contributed by atoms with Crippen molar-refractivity contribution in [3.05, 3.63) is 71.8 Å². The third kappa shape index (κ3) is 10.3. The Hall–Kier alpha value is -1.04. The van der Waals surface area contributed by atoms with Crippen LogP contribution < -0.4 is 0 Å². The van der Waals surface area contributed by atoms with E-state index in [0.29, 0.717) is 0 Å². The summed E-state index contributed by atoms with van der Waals surface area (Å²) in [6, 6.07) is 18.2. The zero-order valence-corrected chi connectivity index (χ0v) is 15.9. The first kappa shape index (κ1) is 20.0. The Kier molecular flexibility index (Phi) is 11.0. The van der Waals surface area contributed by atoms with E-state index in [-0.39, 0.29) is 31.0 Å². The molecule has 108 valence electrons. The molecule has 2 rings (SSSR count). The summed E-state index contributed by atoms with van der Waals surface area (Å²) in [5, 5.41) is 0. The molecule has 21 heavy (non-hydrogen) atoms. The molecular weight excluding hydrogens is 362 g/mol. The molecule has 0 saturated carbocycles. The molecule has 0 fully saturated rings. The molecular formula is C14H14O4S2Zn. The SMILES string of the molecule is O=[S-](=O)Cc1ccccc1.O=[S-](=O)Cc1ccccc1.[Zn+2]. The zero-order chi connectivity index (χ0) is 14.8. The Balaban J connectivity index is 0.000000364. The number of hydrogen-bond acceptors (Lipinski definition) is 6. The molecule has 7 heteroatoms. The summed E-state index contributed by atoms with van der Waals surface area (Å²) in [6.45, 7) is 0. The van der Waals surface area contributed by atoms with Crippen molar-refractivity contribution in [3.63, 3.8) is 0 Å². The quantitative estimate of drug-likeness (QED) is 0.608. The Labute approximate surface area is 140 Å². The molecule has 0 aliphatic rings. The summed E-state index contributed by atoms with van der Waals surface area (Å²) in [5.74, 6) is 0.224. The molecule has 0 amide bonds. The smallest absolute Gasteiger partial charge is 0.424 e. The maximum absolute atomic E-state index is 10.2. The number of benzene rings is 2. The van der Waals surface area contributed by atoms with E-state index in [9.17, 15) is 16.8 Å². The molecule has 0 aliphatic carbocycles. The summed E-state index contributed by atoms with van der Waals surface area (Å²) >= 11 is 0. The van der Waals surface area contributed by atoms with Crippen molar-refractivity contribution in [3.8, 4) is 0 Å². The van der Waals surface area contributed by atoms with Gasteiger partial charge >= 0.3 is 19.5 Å². The second-order valence-electron chi connectivity index (χ2n) is 3.87. The van der Waals surface area contributed by atoms with Gasteiger partial charge in [0.25, 0.3) is 0 Å². The van der Waals surface area contributed by atoms with E-state index in [4.69, 9.17) is 0 Å². The summed E-state index contributed by atoms with van der Waals surface area (Å²) < 4.78 is 40.7. The third-order valence-electron chi connectivity index (χ3n) is 2.25. The van der Waals surface area contributed by atoms with Gasteiger partial charge in [-0.05, 0) is 11.5 Å². The van der Waals surface area contributed by atoms with Crippen LogP contribution in [0.2, 0.25) is 0 Å². The van der Waals surface area contributed by atoms with Gasteiger partial charge in [-0.2, -0.15) is 0 Å². The van der Waals surface area contributed by atoms with Gasteiger partial charge in [0.1, 0.15) is 0 Å². The summed E-state index contributed by atoms with van der Waals surface area (Å²) in [4.78, 5) is 0. The van der Waals surface area contributed by atoms with E-state index >= 15 is 0 Å². The molecule has 0 N–H and O–H groups in total. The van der Waals surface area contributed by atoms with Crippen LogP contribution in [0.5, 0.6) is 0 Å². The summed E-state index contributed by atoms with van der Waals surface area (Å²) in [6.07, 6.45) is 0. The molecule has 0 bridgehead atoms. The van der Waals surface area contributed by atoms with Gasteiger partial charge in [-0.1, -0.05) is 93.2 Å². The van der Waals surface area contributed by atoms with Gasteiger partial charge in [-0.3, -0.25) is 0 Å². The first-order valence-corrected chi connectivity index (χ1v) is 8.26. The minimum Gasteiger partial charge on any atom is -0.424 e. The maximum Gasteiger partial charge on any atom is 2.00 e. The predicted octanol–water partition coefficient (Wildman–Crippen LogP) is 2.99. The third-order valence-corrected chi connectivity index (χ3v) is 3.39. The first-order chi connectivity index (χ1) is 9.58. The molecule has 2 aromatic rings. The van der Waals surface area contributed by atoms with Crippen LogP contribution in [-0.4, -0.2) is 0 Å². The monoisotopic (exact) mass is 374 g/mol. The minimum absolute atomic E-state index is 0. The van der Waals surface area contributed by atoms with Crippen molar-refractivity contribution in [2.75, 3.05) is 0 Å². The molecule has 4 nitrogen and oxygen atoms in total. The topological polar surface area (TPSA) is 68.3 Å². The van der Waals surface area contributed by atoms with Gasteiger partial charge < -0.3 is 16.8 Å². The van der Waals surface area contributed by atoms with Crippen LogP contribution in [0, 0.1) is 0 Å². The van der Waals surface area contributed by atoms with E-state index in [1.807, 2.05) is 36.4 Å². The number of rotatable bonds is 4. The first-order valence-electron chi connectivity index (χ1n) is 5.77. The Bertz CT molecular complexity index is 578. The van der Waals surface area contributed by atoms with Crippen molar-refractivity contribution in [1.82, 2.24) is 0 Å². The molecule has 0 atom stereocenters.